The molecule has 17 heavy (non-hydrogen) atoms. The second-order valence-corrected chi connectivity index (χ2v) is 4.09. The Hall–Kier alpha value is -1.81. The van der Waals surface area contributed by atoms with Gasteiger partial charge < -0.3 is 4.42 Å². The molecule has 2 rings (SSSR count). The van der Waals surface area contributed by atoms with E-state index in [4.69, 9.17) is 4.42 Å². The van der Waals surface area contributed by atoms with Crippen molar-refractivity contribution < 1.29 is 14.0 Å². The Morgan fingerprint density at radius 3 is 2.47 bits per heavy atom. The number of hydroxylamine groups is 1. The Kier molecular flexibility index (Phi) is 2.90. The van der Waals surface area contributed by atoms with E-state index < -0.39 is 0 Å². The molecule has 0 saturated heterocycles. The largest absolute Gasteiger partial charge is 0.450 e. The Bertz CT molecular complexity index is 584. The van der Waals surface area contributed by atoms with Gasteiger partial charge in [0.2, 0.25) is 0 Å². The molecule has 0 radical (unpaired) electrons. The van der Waals surface area contributed by atoms with E-state index in [0.29, 0.717) is 5.76 Å². The first kappa shape index (κ1) is 11.7. The van der Waals surface area contributed by atoms with Crippen molar-refractivity contribution in [3.05, 3.63) is 34.6 Å². The number of furan rings is 1. The number of nitrogens with one attached hydrogen (secondary N) is 1. The van der Waals surface area contributed by atoms with E-state index in [2.05, 4.69) is 10.3 Å². The normalized spacial score (nSPS) is 10.8. The summed E-state index contributed by atoms with van der Waals surface area (Å²) in [5.74, 6) is -0.0563. The van der Waals surface area contributed by atoms with E-state index in [1.165, 1.54) is 7.11 Å². The Morgan fingerprint density at radius 2 is 1.88 bits per heavy atom. The van der Waals surface area contributed by atoms with E-state index in [1.807, 2.05) is 32.9 Å². The lowest BCUT2D eigenvalue weighted by molar-refractivity contribution is 0.0511. The van der Waals surface area contributed by atoms with Gasteiger partial charge in [0, 0.05) is 10.9 Å². The molecule has 1 aromatic heterocycles. The Morgan fingerprint density at radius 1 is 1.24 bits per heavy atom. The zero-order valence-electron chi connectivity index (χ0n) is 10.4. The van der Waals surface area contributed by atoms with Crippen LogP contribution in [-0.2, 0) is 4.84 Å². The highest BCUT2D eigenvalue weighted by Crippen LogP contribution is 2.30. The van der Waals surface area contributed by atoms with Crippen molar-refractivity contribution in [3.8, 4) is 0 Å². The molecule has 90 valence electrons. The van der Waals surface area contributed by atoms with Gasteiger partial charge in [0.05, 0.1) is 7.11 Å². The van der Waals surface area contributed by atoms with Crippen LogP contribution >= 0.6 is 0 Å². The van der Waals surface area contributed by atoms with Crippen LogP contribution in [0.2, 0.25) is 0 Å². The van der Waals surface area contributed by atoms with Crippen LogP contribution in [0.25, 0.3) is 11.0 Å². The van der Waals surface area contributed by atoms with Crippen LogP contribution in [0.5, 0.6) is 0 Å². The topological polar surface area (TPSA) is 51.5 Å². The summed E-state index contributed by atoms with van der Waals surface area (Å²) in [7, 11) is 1.40. The van der Waals surface area contributed by atoms with Gasteiger partial charge in [-0.1, -0.05) is 12.1 Å². The summed E-state index contributed by atoms with van der Waals surface area (Å²) < 4.78 is 5.63. The number of hydrogen-bond donors (Lipinski definition) is 1. The van der Waals surface area contributed by atoms with Gasteiger partial charge in [-0.2, -0.15) is 0 Å². The van der Waals surface area contributed by atoms with Gasteiger partial charge in [0.1, 0.15) is 5.58 Å². The summed E-state index contributed by atoms with van der Waals surface area (Å²) in [6.45, 7) is 5.84. The first-order valence-electron chi connectivity index (χ1n) is 5.39. The highest BCUT2D eigenvalue weighted by atomic mass is 16.6. The van der Waals surface area contributed by atoms with Crippen LogP contribution < -0.4 is 5.48 Å². The van der Waals surface area contributed by atoms with Crippen molar-refractivity contribution in [3.63, 3.8) is 0 Å². The predicted octanol–water partition coefficient (Wildman–Crippen LogP) is 2.65. The van der Waals surface area contributed by atoms with Crippen molar-refractivity contribution in [1.82, 2.24) is 5.48 Å². The predicted molar refractivity (Wildman–Crippen MR) is 64.9 cm³/mol. The summed E-state index contributed by atoms with van der Waals surface area (Å²) in [6, 6.07) is 4.01. The smallest absolute Gasteiger partial charge is 0.310 e. The average Bonchev–Trinajstić information content (AvgIpc) is 2.63. The van der Waals surface area contributed by atoms with Gasteiger partial charge in [-0.3, -0.25) is 9.63 Å². The lowest BCUT2D eigenvalue weighted by Crippen LogP contribution is -2.21. The number of aryl methyl sites for hydroxylation is 3. The second kappa shape index (κ2) is 4.22. The van der Waals surface area contributed by atoms with Gasteiger partial charge in [-0.15, -0.1) is 0 Å². The van der Waals surface area contributed by atoms with Gasteiger partial charge in [0.25, 0.3) is 0 Å². The molecule has 1 aromatic carbocycles. The number of carbonyl (C=O) groups excluding carboxylic acids is 1. The van der Waals surface area contributed by atoms with Crippen molar-refractivity contribution in [2.45, 2.75) is 20.8 Å². The van der Waals surface area contributed by atoms with Gasteiger partial charge in [0.15, 0.2) is 5.76 Å². The highest BCUT2D eigenvalue weighted by molar-refractivity contribution is 6.00. The molecular weight excluding hydrogens is 218 g/mol. The lowest BCUT2D eigenvalue weighted by Gasteiger charge is -1.99. The minimum absolute atomic E-state index is 0.305. The molecule has 4 nitrogen and oxygen atoms in total. The van der Waals surface area contributed by atoms with Crippen LogP contribution in [-0.4, -0.2) is 13.0 Å². The standard InChI is InChI=1S/C13H15NO3/c1-7-5-6-8(2)11-10(7)9(3)12(17-11)13(15)14-16-4/h5-6H,1-4H3,(H,14,15). The van der Waals surface area contributed by atoms with Crippen LogP contribution in [0, 0.1) is 20.8 Å². The quantitative estimate of drug-likeness (QED) is 0.811. The fraction of sp³-hybridized carbons (Fsp3) is 0.308. The minimum atomic E-state index is -0.361. The van der Waals surface area contributed by atoms with Gasteiger partial charge in [-0.05, 0) is 31.9 Å². The van der Waals surface area contributed by atoms with Crippen molar-refractivity contribution in [2.75, 3.05) is 7.11 Å². The summed E-state index contributed by atoms with van der Waals surface area (Å²) in [4.78, 5) is 16.3. The van der Waals surface area contributed by atoms with E-state index in [0.717, 1.165) is 27.7 Å². The molecule has 0 atom stereocenters. The van der Waals surface area contributed by atoms with Crippen LogP contribution in [0.1, 0.15) is 27.2 Å². The zero-order valence-corrected chi connectivity index (χ0v) is 10.4. The number of amides is 1. The Balaban J connectivity index is 2.68. The number of benzene rings is 1. The maximum Gasteiger partial charge on any atom is 0.310 e. The molecule has 0 aliphatic heterocycles. The minimum Gasteiger partial charge on any atom is -0.450 e. The second-order valence-electron chi connectivity index (χ2n) is 4.09. The first-order chi connectivity index (χ1) is 8.06. The molecule has 2 aromatic rings. The summed E-state index contributed by atoms with van der Waals surface area (Å²) in [6.07, 6.45) is 0. The third-order valence-electron chi connectivity index (χ3n) is 2.88. The maximum atomic E-state index is 11.7. The van der Waals surface area contributed by atoms with Gasteiger partial charge >= 0.3 is 5.91 Å². The number of hydrogen-bond acceptors (Lipinski definition) is 3. The molecule has 0 aliphatic rings. The SMILES string of the molecule is CONC(=O)c1oc2c(C)ccc(C)c2c1C. The van der Waals surface area contributed by atoms with Crippen molar-refractivity contribution in [1.29, 1.82) is 0 Å². The first-order valence-corrected chi connectivity index (χ1v) is 5.39. The molecule has 0 saturated carbocycles. The number of fused-ring (bicyclic) bond motifs is 1. The molecule has 4 heteroatoms. The summed E-state index contributed by atoms with van der Waals surface area (Å²) >= 11 is 0. The van der Waals surface area contributed by atoms with Crippen LogP contribution in [0.4, 0.5) is 0 Å². The fourth-order valence-corrected chi connectivity index (χ4v) is 2.03. The third-order valence-corrected chi connectivity index (χ3v) is 2.88. The Labute approximate surface area is 99.5 Å². The van der Waals surface area contributed by atoms with E-state index in [9.17, 15) is 4.79 Å². The van der Waals surface area contributed by atoms with Gasteiger partial charge in [-0.25, -0.2) is 5.48 Å². The molecule has 1 heterocycles. The molecule has 1 amide bonds. The monoisotopic (exact) mass is 233 g/mol. The molecular formula is C13H15NO3. The summed E-state index contributed by atoms with van der Waals surface area (Å²) in [5.41, 5.74) is 6.00. The van der Waals surface area contributed by atoms with E-state index >= 15 is 0 Å². The molecule has 0 bridgehead atoms. The fourth-order valence-electron chi connectivity index (χ4n) is 2.03. The lowest BCUT2D eigenvalue weighted by atomic mass is 10.0. The van der Waals surface area contributed by atoms with Crippen LogP contribution in [0.15, 0.2) is 16.5 Å². The molecule has 0 aliphatic carbocycles. The maximum absolute atomic E-state index is 11.7. The average molecular weight is 233 g/mol. The summed E-state index contributed by atoms with van der Waals surface area (Å²) in [5, 5.41) is 1.01. The molecule has 0 fully saturated rings. The van der Waals surface area contributed by atoms with Crippen molar-refractivity contribution >= 4 is 16.9 Å². The number of rotatable bonds is 2. The van der Waals surface area contributed by atoms with Crippen LogP contribution in [0.3, 0.4) is 0 Å². The van der Waals surface area contributed by atoms with E-state index in [1.54, 1.807) is 0 Å². The third kappa shape index (κ3) is 1.80. The van der Waals surface area contributed by atoms with Crippen molar-refractivity contribution in [2.24, 2.45) is 0 Å². The number of carbonyl (C=O) groups is 1. The molecule has 0 unspecified atom stereocenters. The zero-order chi connectivity index (χ0) is 12.6. The molecule has 0 spiro atoms. The molecule has 1 N–H and O–H groups in total. The van der Waals surface area contributed by atoms with E-state index in [-0.39, 0.29) is 5.91 Å². The highest BCUT2D eigenvalue weighted by Gasteiger charge is 2.19.